The molecule has 0 bridgehead atoms. The Balaban J connectivity index is 0.00000147. The molecule has 2 aromatic carbocycles. The number of carbonyl (C=O) groups is 1. The second-order valence-corrected chi connectivity index (χ2v) is 12.0. The summed E-state index contributed by atoms with van der Waals surface area (Å²) in [6.07, 6.45) is 3.72. The SMILES string of the molecule is CCN(N)c1c(Cl)cc(C(c2ccc(C)c(CN3Cc4cnccc4OC(C)(C)C3)c2)C(C)C)c(C)c1N.O=CO. The summed E-state index contributed by atoms with van der Waals surface area (Å²) in [7, 11) is 0. The average Bonchev–Trinajstić information content (AvgIpc) is 3.02. The van der Waals surface area contributed by atoms with E-state index in [-0.39, 0.29) is 18.0 Å². The molecule has 1 aliphatic rings. The van der Waals surface area contributed by atoms with E-state index in [1.165, 1.54) is 16.7 Å². The van der Waals surface area contributed by atoms with Gasteiger partial charge >= 0.3 is 0 Å². The van der Waals surface area contributed by atoms with Gasteiger partial charge < -0.3 is 20.6 Å². The molecule has 1 atom stereocenters. The molecule has 3 aromatic rings. The Morgan fingerprint density at radius 2 is 1.93 bits per heavy atom. The van der Waals surface area contributed by atoms with Gasteiger partial charge in [0.2, 0.25) is 0 Å². The Labute approximate surface area is 249 Å². The minimum absolute atomic E-state index is 0.143. The van der Waals surface area contributed by atoms with Gasteiger partial charge in [-0.05, 0) is 80.5 Å². The van der Waals surface area contributed by atoms with Crippen LogP contribution in [0.1, 0.15) is 73.9 Å². The van der Waals surface area contributed by atoms with E-state index in [9.17, 15) is 0 Å². The number of nitrogens with zero attached hydrogens (tertiary/aromatic N) is 3. The molecule has 0 saturated heterocycles. The number of fused-ring (bicyclic) bond motifs is 1. The summed E-state index contributed by atoms with van der Waals surface area (Å²) in [5, 5.41) is 9.09. The Morgan fingerprint density at radius 1 is 1.24 bits per heavy atom. The van der Waals surface area contributed by atoms with Crippen molar-refractivity contribution >= 4 is 29.4 Å². The molecule has 8 nitrogen and oxygen atoms in total. The summed E-state index contributed by atoms with van der Waals surface area (Å²) in [5.74, 6) is 7.61. The van der Waals surface area contributed by atoms with E-state index in [4.69, 9.17) is 37.8 Å². The number of nitrogens with two attached hydrogens (primary N) is 2. The molecule has 222 valence electrons. The highest BCUT2D eigenvalue weighted by molar-refractivity contribution is 6.34. The third-order valence-electron chi connectivity index (χ3n) is 7.60. The van der Waals surface area contributed by atoms with E-state index in [0.717, 1.165) is 42.1 Å². The number of ether oxygens (including phenoxy) is 1. The molecule has 0 amide bonds. The van der Waals surface area contributed by atoms with E-state index >= 15 is 0 Å². The topological polar surface area (TPSA) is 118 Å². The molecule has 4 rings (SSSR count). The molecule has 1 aliphatic heterocycles. The van der Waals surface area contributed by atoms with Gasteiger partial charge in [0, 0.05) is 50.1 Å². The number of nitrogen functional groups attached to an aromatic ring is 1. The van der Waals surface area contributed by atoms with Crippen LogP contribution in [0, 0.1) is 19.8 Å². The molecule has 0 radical (unpaired) electrons. The standard InChI is InChI=1S/C31H42ClN5O.CH2O2/c1-8-37(34)30-26(32)14-25(21(5)29(30)33)28(19(2)3)22-10-9-20(4)23(13-22)16-36-17-24-15-35-12-11-27(24)38-31(6,7)18-36;2-1-3/h9-15,19,28H,8,16-18,33-34H2,1-7H3;1H,(H,2,3). The zero-order chi connectivity index (χ0) is 30.5. The summed E-state index contributed by atoms with van der Waals surface area (Å²) in [4.78, 5) is 15.2. The Kier molecular flexibility index (Phi) is 10.6. The zero-order valence-electron chi connectivity index (χ0n) is 25.2. The first kappa shape index (κ1) is 32.2. The van der Waals surface area contributed by atoms with Crippen LogP contribution in [0.3, 0.4) is 0 Å². The quantitative estimate of drug-likeness (QED) is 0.129. The molecule has 1 aromatic heterocycles. The van der Waals surface area contributed by atoms with Crippen LogP contribution in [0.4, 0.5) is 11.4 Å². The lowest BCUT2D eigenvalue weighted by Crippen LogP contribution is -2.40. The Bertz CT molecular complexity index is 1360. The van der Waals surface area contributed by atoms with Crippen LogP contribution in [0.25, 0.3) is 0 Å². The Hall–Kier alpha value is -3.33. The summed E-state index contributed by atoms with van der Waals surface area (Å²) >= 11 is 6.76. The second-order valence-electron chi connectivity index (χ2n) is 11.6. The van der Waals surface area contributed by atoms with Gasteiger partial charge in [0.25, 0.3) is 6.47 Å². The van der Waals surface area contributed by atoms with Crippen molar-refractivity contribution in [2.24, 2.45) is 11.8 Å². The highest BCUT2D eigenvalue weighted by atomic mass is 35.5. The number of hydrazine groups is 1. The lowest BCUT2D eigenvalue weighted by Gasteiger charge is -2.31. The van der Waals surface area contributed by atoms with Crippen LogP contribution in [-0.2, 0) is 17.9 Å². The van der Waals surface area contributed by atoms with Crippen molar-refractivity contribution in [1.29, 1.82) is 0 Å². The lowest BCUT2D eigenvalue weighted by atomic mass is 9.79. The molecule has 1 unspecified atom stereocenters. The summed E-state index contributed by atoms with van der Waals surface area (Å²) < 4.78 is 6.35. The number of halogens is 1. The molecular formula is C32H44ClN5O3. The van der Waals surface area contributed by atoms with Gasteiger partial charge in [-0.15, -0.1) is 0 Å². The molecule has 0 aliphatic carbocycles. The van der Waals surface area contributed by atoms with Crippen molar-refractivity contribution in [2.45, 2.75) is 73.1 Å². The number of aryl methyl sites for hydroxylation is 1. The predicted octanol–water partition coefficient (Wildman–Crippen LogP) is 6.30. The fourth-order valence-electron chi connectivity index (χ4n) is 5.68. The number of hydrogen-bond acceptors (Lipinski definition) is 7. The van der Waals surface area contributed by atoms with Gasteiger partial charge in [0.05, 0.1) is 16.4 Å². The van der Waals surface area contributed by atoms with Crippen molar-refractivity contribution in [2.75, 3.05) is 23.8 Å². The number of anilines is 2. The first-order valence-electron chi connectivity index (χ1n) is 14.0. The van der Waals surface area contributed by atoms with Crippen LogP contribution in [-0.4, -0.2) is 40.2 Å². The summed E-state index contributed by atoms with van der Waals surface area (Å²) in [6.45, 7) is 17.9. The maximum atomic E-state index is 8.36. The number of benzene rings is 2. The van der Waals surface area contributed by atoms with E-state index < -0.39 is 0 Å². The molecular weight excluding hydrogens is 538 g/mol. The summed E-state index contributed by atoms with van der Waals surface area (Å²) in [6, 6.07) is 10.9. The van der Waals surface area contributed by atoms with Crippen molar-refractivity contribution in [3.05, 3.63) is 81.1 Å². The van der Waals surface area contributed by atoms with Gasteiger partial charge in [-0.3, -0.25) is 14.7 Å². The van der Waals surface area contributed by atoms with Crippen molar-refractivity contribution < 1.29 is 14.6 Å². The fraction of sp³-hybridized carbons (Fsp3) is 0.438. The van der Waals surface area contributed by atoms with Crippen molar-refractivity contribution in [3.63, 3.8) is 0 Å². The molecule has 2 heterocycles. The second kappa shape index (κ2) is 13.6. The van der Waals surface area contributed by atoms with Gasteiger partial charge in [-0.2, -0.15) is 0 Å². The van der Waals surface area contributed by atoms with Gasteiger partial charge in [-0.1, -0.05) is 43.6 Å². The number of carboxylic acid groups (broad SMARTS) is 1. The van der Waals surface area contributed by atoms with Crippen LogP contribution in [0.5, 0.6) is 5.75 Å². The van der Waals surface area contributed by atoms with Crippen LogP contribution in [0.15, 0.2) is 42.7 Å². The highest BCUT2D eigenvalue weighted by Crippen LogP contribution is 2.43. The first-order valence-corrected chi connectivity index (χ1v) is 14.3. The minimum atomic E-state index is -0.304. The van der Waals surface area contributed by atoms with E-state index in [2.05, 4.69) is 75.7 Å². The normalized spacial score (nSPS) is 15.2. The average molecular weight is 582 g/mol. The van der Waals surface area contributed by atoms with Crippen molar-refractivity contribution in [1.82, 2.24) is 9.88 Å². The van der Waals surface area contributed by atoms with Crippen LogP contribution in [0.2, 0.25) is 5.02 Å². The lowest BCUT2D eigenvalue weighted by molar-refractivity contribution is -0.122. The molecule has 0 spiro atoms. The number of aromatic nitrogens is 1. The number of pyridine rings is 1. The van der Waals surface area contributed by atoms with Crippen molar-refractivity contribution in [3.8, 4) is 5.75 Å². The monoisotopic (exact) mass is 581 g/mol. The molecule has 5 N–H and O–H groups in total. The molecule has 41 heavy (non-hydrogen) atoms. The third-order valence-corrected chi connectivity index (χ3v) is 7.89. The molecule has 9 heteroatoms. The van der Waals surface area contributed by atoms with E-state index in [1.807, 2.05) is 19.2 Å². The molecule has 0 saturated carbocycles. The Morgan fingerprint density at radius 3 is 2.56 bits per heavy atom. The van der Waals surface area contributed by atoms with Crippen LogP contribution >= 0.6 is 11.6 Å². The fourth-order valence-corrected chi connectivity index (χ4v) is 6.01. The summed E-state index contributed by atoms with van der Waals surface area (Å²) in [5.41, 5.74) is 14.8. The van der Waals surface area contributed by atoms with E-state index in [0.29, 0.717) is 28.9 Å². The zero-order valence-corrected chi connectivity index (χ0v) is 26.0. The third kappa shape index (κ3) is 7.50. The smallest absolute Gasteiger partial charge is 0.290 e. The van der Waals surface area contributed by atoms with E-state index in [1.54, 1.807) is 11.2 Å². The van der Waals surface area contributed by atoms with Gasteiger partial charge in [0.1, 0.15) is 11.4 Å². The largest absolute Gasteiger partial charge is 0.486 e. The maximum absolute atomic E-state index is 8.36. The van der Waals surface area contributed by atoms with Gasteiger partial charge in [0.15, 0.2) is 0 Å². The number of rotatable bonds is 7. The molecule has 0 fully saturated rings. The minimum Gasteiger partial charge on any atom is -0.486 e. The maximum Gasteiger partial charge on any atom is 0.290 e. The highest BCUT2D eigenvalue weighted by Gasteiger charge is 2.30. The first-order chi connectivity index (χ1) is 19.3. The number of hydrogen-bond donors (Lipinski definition) is 3. The van der Waals surface area contributed by atoms with Crippen LogP contribution < -0.4 is 21.3 Å². The predicted molar refractivity (Wildman–Crippen MR) is 167 cm³/mol. The van der Waals surface area contributed by atoms with Gasteiger partial charge in [-0.25, -0.2) is 5.84 Å².